The van der Waals surface area contributed by atoms with Gasteiger partial charge in [0, 0.05) is 42.7 Å². The van der Waals surface area contributed by atoms with Crippen molar-refractivity contribution < 1.29 is 19.4 Å². The lowest BCUT2D eigenvalue weighted by molar-refractivity contribution is 0.0593. The fourth-order valence-corrected chi connectivity index (χ4v) is 3.90. The third-order valence-electron chi connectivity index (χ3n) is 5.00. The highest BCUT2D eigenvalue weighted by Gasteiger charge is 2.07. The number of hydrogen-bond donors (Lipinski definition) is 1. The predicted molar refractivity (Wildman–Crippen MR) is 183 cm³/mol. The van der Waals surface area contributed by atoms with Crippen LogP contribution in [0.25, 0.3) is 6.08 Å². The lowest BCUT2D eigenvalue weighted by atomic mass is 10.2. The van der Waals surface area contributed by atoms with Crippen LogP contribution in [0.4, 0.5) is 0 Å². The van der Waals surface area contributed by atoms with Crippen molar-refractivity contribution in [3.8, 4) is 0 Å². The first-order valence-electron chi connectivity index (χ1n) is 11.8. The number of ether oxygens (including phenoxy) is 1. The third kappa shape index (κ3) is 13.3. The van der Waals surface area contributed by atoms with E-state index < -0.39 is 11.9 Å². The normalized spacial score (nSPS) is 9.57. The minimum atomic E-state index is -0.999. The smallest absolute Gasteiger partial charge is 0.356 e. The summed E-state index contributed by atoms with van der Waals surface area (Å²) < 4.78 is 9.19. The van der Waals surface area contributed by atoms with Gasteiger partial charge in [-0.1, -0.05) is 6.58 Å². The highest BCUT2D eigenvalue weighted by atomic mass is 79.9. The molecule has 0 aliphatic rings. The molecule has 42 heavy (non-hydrogen) atoms. The van der Waals surface area contributed by atoms with Crippen LogP contribution in [0.3, 0.4) is 0 Å². The standard InChI is InChI=1S/C8H8BrNO2.C8H8BrN.C7H6BrNO2.C6H5Br2N/c1-5-3-7(8(11)12-2)10-4-6(5)9;1-3-7-4-6(2)8(9)5-10-7;1-4-2-6(7(10)11)9-3-5(4)8;1-4-2-6(8)9-3-5(4)7/h3-4H,1-2H3;3-5H,1H2,2H3;2-3H,1H3,(H,10,11);2-3H,1H3. The first kappa shape index (κ1) is 37.7. The van der Waals surface area contributed by atoms with Gasteiger partial charge in [0.05, 0.1) is 12.8 Å². The number of esters is 1. The van der Waals surface area contributed by atoms with Crippen LogP contribution in [0.1, 0.15) is 48.9 Å². The summed E-state index contributed by atoms with van der Waals surface area (Å²) >= 11 is 16.5. The van der Waals surface area contributed by atoms with Crippen LogP contribution >= 0.6 is 79.6 Å². The summed E-state index contributed by atoms with van der Waals surface area (Å²) in [6.45, 7) is 11.4. The van der Waals surface area contributed by atoms with E-state index >= 15 is 0 Å². The van der Waals surface area contributed by atoms with E-state index in [2.05, 4.69) is 111 Å². The summed E-state index contributed by atoms with van der Waals surface area (Å²) in [5.74, 6) is -1.41. The van der Waals surface area contributed by atoms with Crippen molar-refractivity contribution in [2.75, 3.05) is 7.11 Å². The average Bonchev–Trinajstić information content (AvgIpc) is 2.96. The van der Waals surface area contributed by atoms with Crippen LogP contribution in [0, 0.1) is 27.7 Å². The number of carbonyl (C=O) groups excluding carboxylic acids is 1. The Hall–Kier alpha value is -2.32. The molecular weight excluding hydrogens is 868 g/mol. The van der Waals surface area contributed by atoms with E-state index in [4.69, 9.17) is 5.11 Å². The van der Waals surface area contributed by atoms with E-state index in [1.807, 2.05) is 39.8 Å². The number of halogens is 5. The number of rotatable bonds is 3. The van der Waals surface area contributed by atoms with Crippen molar-refractivity contribution >= 4 is 97.7 Å². The lowest BCUT2D eigenvalue weighted by Crippen LogP contribution is -2.04. The van der Waals surface area contributed by atoms with Crippen LogP contribution in [0.2, 0.25) is 0 Å². The molecule has 4 aromatic heterocycles. The molecule has 0 saturated carbocycles. The quantitative estimate of drug-likeness (QED) is 0.160. The van der Waals surface area contributed by atoms with E-state index in [1.165, 1.54) is 30.5 Å². The number of pyridine rings is 4. The number of aromatic nitrogens is 4. The van der Waals surface area contributed by atoms with Gasteiger partial charge in [0.25, 0.3) is 0 Å². The van der Waals surface area contributed by atoms with Crippen LogP contribution in [0.5, 0.6) is 0 Å². The van der Waals surface area contributed by atoms with E-state index in [-0.39, 0.29) is 5.69 Å². The summed E-state index contributed by atoms with van der Waals surface area (Å²) in [5, 5.41) is 8.52. The summed E-state index contributed by atoms with van der Waals surface area (Å²) in [5.41, 5.74) is 5.54. The molecule has 4 rings (SSSR count). The third-order valence-corrected chi connectivity index (χ3v) is 8.75. The summed E-state index contributed by atoms with van der Waals surface area (Å²) in [6.07, 6.45) is 8.37. The molecule has 4 aromatic rings. The monoisotopic (exact) mass is 890 g/mol. The van der Waals surface area contributed by atoms with Gasteiger partial charge >= 0.3 is 11.9 Å². The van der Waals surface area contributed by atoms with Crippen molar-refractivity contribution in [3.05, 3.63) is 117 Å². The van der Waals surface area contributed by atoms with E-state index in [0.29, 0.717) is 5.69 Å². The SMILES string of the molecule is C=Cc1cc(C)c(Br)cn1.COC(=O)c1cc(C)c(Br)cn1.Cc1cc(Br)ncc1Br.Cc1cc(C(=O)O)ncc1Br. The molecule has 0 unspecified atom stereocenters. The van der Waals surface area contributed by atoms with Gasteiger partial charge in [0.2, 0.25) is 0 Å². The summed E-state index contributed by atoms with van der Waals surface area (Å²) in [7, 11) is 1.33. The Morgan fingerprint density at radius 1 is 0.690 bits per heavy atom. The molecule has 0 bridgehead atoms. The lowest BCUT2D eigenvalue weighted by Gasteiger charge is -2.00. The number of carboxylic acids is 1. The summed E-state index contributed by atoms with van der Waals surface area (Å²) in [6, 6.07) is 7.14. The zero-order valence-corrected chi connectivity index (χ0v) is 31.2. The number of aryl methyl sites for hydroxylation is 4. The topological polar surface area (TPSA) is 115 Å². The van der Waals surface area contributed by atoms with E-state index in [9.17, 15) is 9.59 Å². The molecule has 222 valence electrons. The second-order valence-electron chi connectivity index (χ2n) is 8.25. The molecule has 0 fully saturated rings. The predicted octanol–water partition coefficient (Wildman–Crippen LogP) is 9.50. The number of carbonyl (C=O) groups is 2. The molecule has 0 spiro atoms. The molecular formula is C29H27Br5N4O4. The highest BCUT2D eigenvalue weighted by Crippen LogP contribution is 2.18. The van der Waals surface area contributed by atoms with Gasteiger partial charge in [-0.15, -0.1) is 0 Å². The van der Waals surface area contributed by atoms with Crippen molar-refractivity contribution in [1.82, 2.24) is 19.9 Å². The van der Waals surface area contributed by atoms with Gasteiger partial charge in [0.15, 0.2) is 0 Å². The van der Waals surface area contributed by atoms with Crippen LogP contribution in [0.15, 0.2) is 78.1 Å². The van der Waals surface area contributed by atoms with Crippen molar-refractivity contribution in [3.63, 3.8) is 0 Å². The van der Waals surface area contributed by atoms with Gasteiger partial charge in [-0.05, 0) is 160 Å². The van der Waals surface area contributed by atoms with Gasteiger partial charge in [-0.3, -0.25) is 4.98 Å². The fourth-order valence-electron chi connectivity index (χ4n) is 2.59. The zero-order chi connectivity index (χ0) is 32.0. The number of carboxylic acid groups (broad SMARTS) is 1. The van der Waals surface area contributed by atoms with Gasteiger partial charge in [-0.2, -0.15) is 0 Å². The van der Waals surface area contributed by atoms with Crippen molar-refractivity contribution in [1.29, 1.82) is 0 Å². The highest BCUT2D eigenvalue weighted by molar-refractivity contribution is 9.11. The van der Waals surface area contributed by atoms with Crippen LogP contribution in [-0.4, -0.2) is 44.1 Å². The molecule has 1 N–H and O–H groups in total. The Bertz CT molecular complexity index is 1550. The molecule has 0 amide bonds. The first-order chi connectivity index (χ1) is 19.7. The average molecular weight is 895 g/mol. The van der Waals surface area contributed by atoms with E-state index in [1.54, 1.807) is 30.7 Å². The maximum absolute atomic E-state index is 11.0. The van der Waals surface area contributed by atoms with Crippen LogP contribution in [-0.2, 0) is 4.74 Å². The molecule has 0 saturated heterocycles. The Balaban J connectivity index is 0.000000281. The number of aromatic carboxylic acids is 1. The molecule has 0 atom stereocenters. The Morgan fingerprint density at radius 3 is 1.48 bits per heavy atom. The zero-order valence-electron chi connectivity index (χ0n) is 23.3. The Morgan fingerprint density at radius 2 is 1.10 bits per heavy atom. The van der Waals surface area contributed by atoms with Crippen molar-refractivity contribution in [2.24, 2.45) is 0 Å². The second kappa shape index (κ2) is 19.1. The van der Waals surface area contributed by atoms with Gasteiger partial charge in [0.1, 0.15) is 16.0 Å². The first-order valence-corrected chi connectivity index (χ1v) is 15.7. The molecule has 0 aromatic carbocycles. The Labute approximate surface area is 287 Å². The number of methoxy groups -OCH3 is 1. The maximum Gasteiger partial charge on any atom is 0.356 e. The van der Waals surface area contributed by atoms with Gasteiger partial charge < -0.3 is 9.84 Å². The molecule has 0 aliphatic heterocycles. The van der Waals surface area contributed by atoms with Gasteiger partial charge in [-0.25, -0.2) is 24.5 Å². The Kier molecular flexibility index (Phi) is 17.1. The molecule has 8 nitrogen and oxygen atoms in total. The summed E-state index contributed by atoms with van der Waals surface area (Å²) in [4.78, 5) is 37.0. The second-order valence-corrected chi connectivity index (χ2v) is 12.5. The maximum atomic E-state index is 11.0. The minimum absolute atomic E-state index is 0.0747. The molecule has 0 radical (unpaired) electrons. The van der Waals surface area contributed by atoms with E-state index in [0.717, 1.165) is 39.3 Å². The minimum Gasteiger partial charge on any atom is -0.477 e. The van der Waals surface area contributed by atoms with Crippen molar-refractivity contribution in [2.45, 2.75) is 27.7 Å². The van der Waals surface area contributed by atoms with Crippen LogP contribution < -0.4 is 0 Å². The molecule has 4 heterocycles. The molecule has 0 aliphatic carbocycles. The largest absolute Gasteiger partial charge is 0.477 e. The fraction of sp³-hybridized carbons (Fsp3) is 0.172. The number of hydrogen-bond acceptors (Lipinski definition) is 7. The molecule has 13 heteroatoms. The number of nitrogens with zero attached hydrogens (tertiary/aromatic N) is 4.